The zero-order chi connectivity index (χ0) is 21.1. The maximum Gasteiger partial charge on any atom is 0.416 e. The quantitative estimate of drug-likeness (QED) is 0.673. The van der Waals surface area contributed by atoms with E-state index in [4.69, 9.17) is 4.52 Å². The van der Waals surface area contributed by atoms with E-state index in [0.717, 1.165) is 38.1 Å². The Balaban J connectivity index is 1.33. The molecule has 1 aliphatic rings. The molecule has 1 aromatic carbocycles. The molecule has 1 saturated heterocycles. The monoisotopic (exact) mass is 418 g/mol. The van der Waals surface area contributed by atoms with Crippen molar-refractivity contribution in [1.82, 2.24) is 20.0 Å². The molecule has 1 fully saturated rings. The highest BCUT2D eigenvalue weighted by Gasteiger charge is 2.30. The number of aliphatic hydroxyl groups is 1. The fraction of sp³-hybridized carbons (Fsp3) is 0.381. The Morgan fingerprint density at radius 1 is 1.10 bits per heavy atom. The van der Waals surface area contributed by atoms with Crippen LogP contribution in [0.4, 0.5) is 13.2 Å². The van der Waals surface area contributed by atoms with E-state index >= 15 is 0 Å². The maximum atomic E-state index is 12.7. The molecule has 1 aliphatic heterocycles. The van der Waals surface area contributed by atoms with Crippen LogP contribution >= 0.6 is 0 Å². The van der Waals surface area contributed by atoms with Gasteiger partial charge in [0.05, 0.1) is 23.9 Å². The summed E-state index contributed by atoms with van der Waals surface area (Å²) in [5.74, 6) is 0.814. The smallest absolute Gasteiger partial charge is 0.387 e. The van der Waals surface area contributed by atoms with Gasteiger partial charge in [0.15, 0.2) is 0 Å². The summed E-state index contributed by atoms with van der Waals surface area (Å²) in [6.45, 7) is 2.00. The van der Waals surface area contributed by atoms with E-state index in [9.17, 15) is 18.3 Å². The highest BCUT2D eigenvalue weighted by atomic mass is 19.4. The summed E-state index contributed by atoms with van der Waals surface area (Å²) >= 11 is 0. The molecular formula is C21H21F3N4O2. The third-order valence-corrected chi connectivity index (χ3v) is 5.37. The summed E-state index contributed by atoms with van der Waals surface area (Å²) in [6.07, 6.45) is -1.65. The van der Waals surface area contributed by atoms with Crippen molar-refractivity contribution in [3.63, 3.8) is 0 Å². The summed E-state index contributed by atoms with van der Waals surface area (Å²) in [7, 11) is 0. The van der Waals surface area contributed by atoms with Gasteiger partial charge in [-0.05, 0) is 56.1 Å². The van der Waals surface area contributed by atoms with Gasteiger partial charge in [-0.15, -0.1) is 0 Å². The average Bonchev–Trinajstić information content (AvgIpc) is 3.22. The summed E-state index contributed by atoms with van der Waals surface area (Å²) in [5, 5.41) is 14.4. The molecule has 1 N–H and O–H groups in total. The first-order valence-electron chi connectivity index (χ1n) is 9.72. The molecule has 4 rings (SSSR count). The van der Waals surface area contributed by atoms with Crippen molar-refractivity contribution < 1.29 is 22.8 Å². The van der Waals surface area contributed by atoms with Gasteiger partial charge >= 0.3 is 6.18 Å². The Hall–Kier alpha value is -2.78. The zero-order valence-corrected chi connectivity index (χ0v) is 16.1. The van der Waals surface area contributed by atoms with E-state index in [-0.39, 0.29) is 11.7 Å². The van der Waals surface area contributed by atoms with Crippen LogP contribution in [-0.2, 0) is 12.7 Å². The zero-order valence-electron chi connectivity index (χ0n) is 16.1. The molecule has 0 saturated carbocycles. The molecule has 3 aromatic rings. The lowest BCUT2D eigenvalue weighted by atomic mass is 9.89. The van der Waals surface area contributed by atoms with Crippen LogP contribution in [0.5, 0.6) is 0 Å². The molecule has 6 nitrogen and oxygen atoms in total. The predicted molar refractivity (Wildman–Crippen MR) is 102 cm³/mol. The molecule has 1 atom stereocenters. The Labute approximate surface area is 171 Å². The minimum Gasteiger partial charge on any atom is -0.387 e. The number of nitrogens with zero attached hydrogens (tertiary/aromatic N) is 4. The van der Waals surface area contributed by atoms with Gasteiger partial charge in [0.25, 0.3) is 0 Å². The van der Waals surface area contributed by atoms with Crippen molar-refractivity contribution >= 4 is 0 Å². The molecule has 9 heteroatoms. The molecular weight excluding hydrogens is 397 g/mol. The third kappa shape index (κ3) is 4.68. The van der Waals surface area contributed by atoms with Gasteiger partial charge in [-0.3, -0.25) is 9.88 Å². The first-order chi connectivity index (χ1) is 14.4. The molecule has 0 radical (unpaired) electrons. The lowest BCUT2D eigenvalue weighted by Gasteiger charge is -2.33. The number of halogens is 3. The number of aromatic nitrogens is 3. The number of rotatable bonds is 5. The van der Waals surface area contributed by atoms with Crippen molar-refractivity contribution in [2.24, 2.45) is 5.92 Å². The van der Waals surface area contributed by atoms with Crippen LogP contribution in [0.3, 0.4) is 0 Å². The second-order valence-corrected chi connectivity index (χ2v) is 7.40. The van der Waals surface area contributed by atoms with Crippen LogP contribution in [-0.4, -0.2) is 38.2 Å². The topological polar surface area (TPSA) is 75.3 Å². The van der Waals surface area contributed by atoms with Crippen molar-refractivity contribution in [3.05, 3.63) is 65.8 Å². The average molecular weight is 418 g/mol. The van der Waals surface area contributed by atoms with Gasteiger partial charge < -0.3 is 9.63 Å². The number of pyridine rings is 1. The number of likely N-dealkylation sites (tertiary alicyclic amines) is 1. The fourth-order valence-electron chi connectivity index (χ4n) is 3.66. The van der Waals surface area contributed by atoms with Crippen LogP contribution in [0.15, 0.2) is 53.2 Å². The summed E-state index contributed by atoms with van der Waals surface area (Å²) in [6, 6.07) is 10.2. The lowest BCUT2D eigenvalue weighted by molar-refractivity contribution is -0.137. The Morgan fingerprint density at radius 2 is 1.83 bits per heavy atom. The second-order valence-electron chi connectivity index (χ2n) is 7.40. The molecule has 0 amide bonds. The number of alkyl halides is 3. The van der Waals surface area contributed by atoms with E-state index < -0.39 is 17.8 Å². The molecule has 158 valence electrons. The van der Waals surface area contributed by atoms with Gasteiger partial charge in [0, 0.05) is 11.8 Å². The third-order valence-electron chi connectivity index (χ3n) is 5.37. The Morgan fingerprint density at radius 3 is 2.47 bits per heavy atom. The predicted octanol–water partition coefficient (Wildman–Crippen LogP) is 4.10. The van der Waals surface area contributed by atoms with Gasteiger partial charge in [-0.1, -0.05) is 23.4 Å². The Kier molecular flexibility index (Phi) is 5.83. The summed E-state index contributed by atoms with van der Waals surface area (Å²) < 4.78 is 43.3. The minimum atomic E-state index is -4.38. The van der Waals surface area contributed by atoms with Gasteiger partial charge in [0.2, 0.25) is 11.7 Å². The molecule has 0 spiro atoms. The summed E-state index contributed by atoms with van der Waals surface area (Å²) in [4.78, 5) is 10.7. The normalized spacial score (nSPS) is 17.2. The number of hydrogen-bond acceptors (Lipinski definition) is 6. The van der Waals surface area contributed by atoms with Crippen LogP contribution in [0.2, 0.25) is 0 Å². The van der Waals surface area contributed by atoms with E-state index in [2.05, 4.69) is 20.0 Å². The number of benzene rings is 1. The largest absolute Gasteiger partial charge is 0.416 e. The van der Waals surface area contributed by atoms with Crippen molar-refractivity contribution in [2.75, 3.05) is 13.1 Å². The van der Waals surface area contributed by atoms with Gasteiger partial charge in [0.1, 0.15) is 0 Å². The van der Waals surface area contributed by atoms with Crippen LogP contribution in [0.1, 0.15) is 36.1 Å². The van der Waals surface area contributed by atoms with Crippen LogP contribution in [0.25, 0.3) is 11.4 Å². The molecule has 0 aliphatic carbocycles. The minimum absolute atomic E-state index is 0.140. The molecule has 0 bridgehead atoms. The summed E-state index contributed by atoms with van der Waals surface area (Å²) in [5.41, 5.74) is 0.440. The van der Waals surface area contributed by atoms with E-state index in [1.54, 1.807) is 6.20 Å². The van der Waals surface area contributed by atoms with Crippen LogP contribution < -0.4 is 0 Å². The number of piperidine rings is 1. The van der Waals surface area contributed by atoms with Gasteiger partial charge in [-0.25, -0.2) is 0 Å². The van der Waals surface area contributed by atoms with Crippen molar-refractivity contribution in [3.8, 4) is 11.4 Å². The standard InChI is InChI=1S/C21H21F3N4O2/c22-21(23,24)16-6-4-15(5-7-16)20-26-18(30-27-20)13-28-11-8-14(9-12-28)19(29)17-3-1-2-10-25-17/h1-7,10,14,19,29H,8-9,11-13H2/t19-/m1/s1. The lowest BCUT2D eigenvalue weighted by Crippen LogP contribution is -2.35. The van der Waals surface area contributed by atoms with Crippen molar-refractivity contribution in [1.29, 1.82) is 0 Å². The number of hydrogen-bond donors (Lipinski definition) is 1. The van der Waals surface area contributed by atoms with Crippen molar-refractivity contribution in [2.45, 2.75) is 31.7 Å². The van der Waals surface area contributed by atoms with E-state index in [1.165, 1.54) is 12.1 Å². The molecule has 2 aromatic heterocycles. The highest BCUT2D eigenvalue weighted by Crippen LogP contribution is 2.31. The van der Waals surface area contributed by atoms with Crippen LogP contribution in [0, 0.1) is 5.92 Å². The molecule has 0 unspecified atom stereocenters. The highest BCUT2D eigenvalue weighted by molar-refractivity contribution is 5.54. The van der Waals surface area contributed by atoms with Gasteiger partial charge in [-0.2, -0.15) is 18.2 Å². The maximum absolute atomic E-state index is 12.7. The molecule has 3 heterocycles. The SMILES string of the molecule is O[C@@H](c1ccccn1)C1CCN(Cc2nc(-c3ccc(C(F)(F)F)cc3)no2)CC1. The fourth-order valence-corrected chi connectivity index (χ4v) is 3.66. The first kappa shape index (κ1) is 20.5. The number of aliphatic hydroxyl groups excluding tert-OH is 1. The molecule has 30 heavy (non-hydrogen) atoms. The van der Waals surface area contributed by atoms with E-state index in [1.807, 2.05) is 18.2 Å². The second kappa shape index (κ2) is 8.53. The first-order valence-corrected chi connectivity index (χ1v) is 9.72. The Bertz CT molecular complexity index is 952. The van der Waals surface area contributed by atoms with E-state index in [0.29, 0.717) is 23.7 Å².